The smallest absolute Gasteiger partial charge is 0.266 e. The van der Waals surface area contributed by atoms with Crippen LogP contribution in [0.3, 0.4) is 0 Å². The van der Waals surface area contributed by atoms with Crippen LogP contribution in [0.25, 0.3) is 6.08 Å². The highest BCUT2D eigenvalue weighted by Crippen LogP contribution is 2.19. The molecule has 6 nitrogen and oxygen atoms in total. The Bertz CT molecular complexity index is 922. The van der Waals surface area contributed by atoms with Crippen LogP contribution in [0, 0.1) is 11.3 Å². The lowest BCUT2D eigenvalue weighted by atomic mass is 10.1. The Morgan fingerprint density at radius 3 is 2.26 bits per heavy atom. The third-order valence-electron chi connectivity index (χ3n) is 3.51. The number of nitrogens with zero attached hydrogens (tertiary/aromatic N) is 1. The molecule has 0 bridgehead atoms. The van der Waals surface area contributed by atoms with Crippen molar-refractivity contribution in [3.63, 3.8) is 0 Å². The Balaban J connectivity index is 2.07. The molecule has 2 rings (SSSR count). The molecule has 0 saturated carbocycles. The number of ether oxygens (including phenoxy) is 1. The van der Waals surface area contributed by atoms with E-state index in [1.165, 1.54) is 13.0 Å². The Morgan fingerprint density at radius 2 is 1.67 bits per heavy atom. The molecule has 0 saturated heterocycles. The second-order valence-electron chi connectivity index (χ2n) is 5.51. The van der Waals surface area contributed by atoms with Crippen LogP contribution in [0.5, 0.6) is 5.75 Å². The fourth-order valence-electron chi connectivity index (χ4n) is 2.25. The third kappa shape index (κ3) is 5.87. The van der Waals surface area contributed by atoms with Crippen molar-refractivity contribution in [2.24, 2.45) is 0 Å². The van der Waals surface area contributed by atoms with Gasteiger partial charge in [-0.25, -0.2) is 0 Å². The highest BCUT2D eigenvalue weighted by molar-refractivity contribution is 6.07. The van der Waals surface area contributed by atoms with Gasteiger partial charge in [0.2, 0.25) is 5.91 Å². The first-order chi connectivity index (χ1) is 13.0. The van der Waals surface area contributed by atoms with Crippen molar-refractivity contribution < 1.29 is 14.3 Å². The largest absolute Gasteiger partial charge is 0.496 e. The predicted molar refractivity (Wildman–Crippen MR) is 105 cm³/mol. The Morgan fingerprint density at radius 1 is 1.04 bits per heavy atom. The molecule has 0 radical (unpaired) electrons. The zero-order valence-corrected chi connectivity index (χ0v) is 15.0. The number of methoxy groups -OCH3 is 1. The van der Waals surface area contributed by atoms with Gasteiger partial charge in [-0.2, -0.15) is 5.26 Å². The van der Waals surface area contributed by atoms with Gasteiger partial charge in [-0.3, -0.25) is 9.59 Å². The van der Waals surface area contributed by atoms with E-state index in [1.54, 1.807) is 43.5 Å². The molecule has 0 aliphatic heterocycles. The van der Waals surface area contributed by atoms with Gasteiger partial charge in [0.05, 0.1) is 7.11 Å². The molecular formula is C21H19N3O3. The number of amides is 2. The van der Waals surface area contributed by atoms with Crippen LogP contribution >= 0.6 is 0 Å². The lowest BCUT2D eigenvalue weighted by Gasteiger charge is -2.06. The number of benzene rings is 2. The van der Waals surface area contributed by atoms with E-state index in [9.17, 15) is 14.9 Å². The van der Waals surface area contributed by atoms with Gasteiger partial charge in [-0.05, 0) is 36.4 Å². The Hall–Kier alpha value is -3.85. The molecule has 2 aromatic carbocycles. The standard InChI is InChI=1S/C21H19N3O3/c1-15(25)23-18-10-12-19(13-11-18)24-21(26)17(14-22)8-5-7-16-6-3-4-9-20(16)27-2/h3-13H,1-2H3,(H,23,25)(H,24,26)/b7-5+,17-8+. The number of carbonyl (C=O) groups excluding carboxylic acids is 2. The van der Waals surface area contributed by atoms with Crippen LogP contribution in [0.1, 0.15) is 12.5 Å². The molecule has 0 unspecified atom stereocenters. The van der Waals surface area contributed by atoms with Gasteiger partial charge in [0.15, 0.2) is 0 Å². The molecular weight excluding hydrogens is 342 g/mol. The van der Waals surface area contributed by atoms with Crippen molar-refractivity contribution in [2.45, 2.75) is 6.92 Å². The minimum Gasteiger partial charge on any atom is -0.496 e. The van der Waals surface area contributed by atoms with Crippen molar-refractivity contribution in [1.29, 1.82) is 5.26 Å². The number of nitrogens with one attached hydrogen (secondary N) is 2. The summed E-state index contributed by atoms with van der Waals surface area (Å²) in [6.07, 6.45) is 4.81. The number of rotatable bonds is 6. The number of allylic oxidation sites excluding steroid dienone is 2. The van der Waals surface area contributed by atoms with E-state index in [0.29, 0.717) is 17.1 Å². The zero-order chi connectivity index (χ0) is 19.6. The van der Waals surface area contributed by atoms with Crippen molar-refractivity contribution in [2.75, 3.05) is 17.7 Å². The summed E-state index contributed by atoms with van der Waals surface area (Å²) in [5.74, 6) is 0.00198. The van der Waals surface area contributed by atoms with E-state index in [-0.39, 0.29) is 11.5 Å². The van der Waals surface area contributed by atoms with Crippen molar-refractivity contribution in [1.82, 2.24) is 0 Å². The summed E-state index contributed by atoms with van der Waals surface area (Å²) < 4.78 is 5.25. The van der Waals surface area contributed by atoms with Gasteiger partial charge in [0.1, 0.15) is 17.4 Å². The summed E-state index contributed by atoms with van der Waals surface area (Å²) in [4.78, 5) is 23.3. The Labute approximate surface area is 157 Å². The number of anilines is 2. The van der Waals surface area contributed by atoms with Crippen molar-refractivity contribution >= 4 is 29.3 Å². The summed E-state index contributed by atoms with van der Waals surface area (Å²) in [5.41, 5.74) is 1.94. The van der Waals surface area contributed by atoms with Crippen LogP contribution in [-0.4, -0.2) is 18.9 Å². The van der Waals surface area contributed by atoms with E-state index in [0.717, 1.165) is 5.56 Å². The third-order valence-corrected chi connectivity index (χ3v) is 3.51. The van der Waals surface area contributed by atoms with Gasteiger partial charge in [-0.15, -0.1) is 0 Å². The lowest BCUT2D eigenvalue weighted by molar-refractivity contribution is -0.114. The monoisotopic (exact) mass is 361 g/mol. The number of hydrogen-bond acceptors (Lipinski definition) is 4. The van der Waals surface area contributed by atoms with E-state index >= 15 is 0 Å². The van der Waals surface area contributed by atoms with Crippen LogP contribution in [0.15, 0.2) is 66.3 Å². The second kappa shape index (κ2) is 9.59. The summed E-state index contributed by atoms with van der Waals surface area (Å²) in [7, 11) is 1.58. The number of para-hydroxylation sites is 1. The Kier molecular flexibility index (Phi) is 6.91. The first-order valence-corrected chi connectivity index (χ1v) is 8.14. The maximum absolute atomic E-state index is 12.2. The molecule has 0 heterocycles. The summed E-state index contributed by atoms with van der Waals surface area (Å²) >= 11 is 0. The quantitative estimate of drug-likeness (QED) is 0.466. The van der Waals surface area contributed by atoms with Gasteiger partial charge in [-0.1, -0.05) is 30.4 Å². The molecule has 6 heteroatoms. The highest BCUT2D eigenvalue weighted by atomic mass is 16.5. The fourth-order valence-corrected chi connectivity index (χ4v) is 2.25. The summed E-state index contributed by atoms with van der Waals surface area (Å²) in [5, 5.41) is 14.5. The molecule has 0 spiro atoms. The van der Waals surface area contributed by atoms with Gasteiger partial charge in [0.25, 0.3) is 5.91 Å². The maximum atomic E-state index is 12.2. The summed E-state index contributed by atoms with van der Waals surface area (Å²) in [6, 6.07) is 15.9. The molecule has 0 fully saturated rings. The first-order valence-electron chi connectivity index (χ1n) is 8.14. The van der Waals surface area contributed by atoms with Crippen LogP contribution in [0.4, 0.5) is 11.4 Å². The van der Waals surface area contributed by atoms with Gasteiger partial charge >= 0.3 is 0 Å². The maximum Gasteiger partial charge on any atom is 0.266 e. The molecule has 136 valence electrons. The predicted octanol–water partition coefficient (Wildman–Crippen LogP) is 3.76. The molecule has 2 amide bonds. The molecule has 0 aliphatic rings. The fraction of sp³-hybridized carbons (Fsp3) is 0.0952. The van der Waals surface area contributed by atoms with Gasteiger partial charge in [0, 0.05) is 23.9 Å². The minimum absolute atomic E-state index is 0.0351. The van der Waals surface area contributed by atoms with Crippen molar-refractivity contribution in [3.8, 4) is 11.8 Å². The lowest BCUT2D eigenvalue weighted by Crippen LogP contribution is -2.13. The first kappa shape index (κ1) is 19.5. The number of nitriles is 1. The average Bonchev–Trinajstić information content (AvgIpc) is 2.66. The topological polar surface area (TPSA) is 91.2 Å². The van der Waals surface area contributed by atoms with E-state index in [1.807, 2.05) is 30.3 Å². The van der Waals surface area contributed by atoms with E-state index < -0.39 is 5.91 Å². The van der Waals surface area contributed by atoms with E-state index in [2.05, 4.69) is 10.6 Å². The van der Waals surface area contributed by atoms with Crippen molar-refractivity contribution in [3.05, 3.63) is 71.8 Å². The highest BCUT2D eigenvalue weighted by Gasteiger charge is 2.08. The normalized spacial score (nSPS) is 10.9. The number of hydrogen-bond donors (Lipinski definition) is 2. The number of carbonyl (C=O) groups is 2. The van der Waals surface area contributed by atoms with Crippen LogP contribution < -0.4 is 15.4 Å². The summed E-state index contributed by atoms with van der Waals surface area (Å²) in [6.45, 7) is 1.41. The molecule has 0 aliphatic carbocycles. The SMILES string of the molecule is COc1ccccc1/C=C/C=C(\C#N)C(=O)Nc1ccc(NC(C)=O)cc1. The van der Waals surface area contributed by atoms with E-state index in [4.69, 9.17) is 4.74 Å². The molecule has 0 aromatic heterocycles. The van der Waals surface area contributed by atoms with Crippen LogP contribution in [-0.2, 0) is 9.59 Å². The molecule has 2 N–H and O–H groups in total. The minimum atomic E-state index is -0.519. The average molecular weight is 361 g/mol. The zero-order valence-electron chi connectivity index (χ0n) is 15.0. The van der Waals surface area contributed by atoms with Crippen LogP contribution in [0.2, 0.25) is 0 Å². The molecule has 0 atom stereocenters. The van der Waals surface area contributed by atoms with Gasteiger partial charge < -0.3 is 15.4 Å². The second-order valence-corrected chi connectivity index (χ2v) is 5.51. The molecule has 27 heavy (non-hydrogen) atoms. The molecule has 2 aromatic rings.